The first-order chi connectivity index (χ1) is 11.9. The van der Waals surface area contributed by atoms with Gasteiger partial charge >= 0.3 is 0 Å². The van der Waals surface area contributed by atoms with Gasteiger partial charge in [0.1, 0.15) is 0 Å². The highest BCUT2D eigenvalue weighted by Gasteiger charge is 2.28. The highest BCUT2D eigenvalue weighted by Crippen LogP contribution is 2.27. The van der Waals surface area contributed by atoms with Crippen molar-refractivity contribution in [2.24, 2.45) is 4.99 Å². The summed E-state index contributed by atoms with van der Waals surface area (Å²) in [5.74, 6) is 0.700. The summed E-state index contributed by atoms with van der Waals surface area (Å²) in [4.78, 5) is 7.02. The summed E-state index contributed by atoms with van der Waals surface area (Å²) in [6.45, 7) is 6.01. The zero-order valence-corrected chi connectivity index (χ0v) is 16.6. The lowest BCUT2D eigenvalue weighted by Crippen LogP contribution is -2.41. The van der Waals surface area contributed by atoms with Gasteiger partial charge in [0.25, 0.3) is 0 Å². The van der Waals surface area contributed by atoms with Gasteiger partial charge in [-0.25, -0.2) is 0 Å². The Morgan fingerprint density at radius 2 is 1.92 bits per heavy atom. The molecule has 0 aliphatic heterocycles. The van der Waals surface area contributed by atoms with Gasteiger partial charge in [0.2, 0.25) is 0 Å². The van der Waals surface area contributed by atoms with Crippen molar-refractivity contribution in [2.75, 3.05) is 26.7 Å². The van der Waals surface area contributed by atoms with E-state index in [9.17, 15) is 5.11 Å². The number of halogens is 2. The molecule has 0 heterocycles. The molecule has 1 saturated carbocycles. The van der Waals surface area contributed by atoms with Crippen molar-refractivity contribution in [3.63, 3.8) is 0 Å². The lowest BCUT2D eigenvalue weighted by Gasteiger charge is -2.23. The fourth-order valence-corrected chi connectivity index (χ4v) is 3.16. The second-order valence-corrected chi connectivity index (χ2v) is 7.44. The number of aliphatic hydroxyl groups excluding tert-OH is 1. The molecule has 0 radical (unpaired) electrons. The SMILES string of the molecule is CCNC(=NCC(C)N(C)C1CC1)NCC(O)c1cc(Cl)cc(Cl)c1. The first-order valence-corrected chi connectivity index (χ1v) is 9.54. The number of rotatable bonds is 8. The molecule has 1 fully saturated rings. The van der Waals surface area contributed by atoms with Crippen molar-refractivity contribution >= 4 is 29.2 Å². The summed E-state index contributed by atoms with van der Waals surface area (Å²) in [6, 6.07) is 6.19. The molecule has 25 heavy (non-hydrogen) atoms. The Labute approximate surface area is 160 Å². The summed E-state index contributed by atoms with van der Waals surface area (Å²) in [7, 11) is 2.16. The molecule has 2 rings (SSSR count). The van der Waals surface area contributed by atoms with Crippen molar-refractivity contribution in [1.82, 2.24) is 15.5 Å². The summed E-state index contributed by atoms with van der Waals surface area (Å²) in [6.07, 6.45) is 1.86. The van der Waals surface area contributed by atoms with Crippen LogP contribution in [0.25, 0.3) is 0 Å². The third-order valence-corrected chi connectivity index (χ3v) is 4.84. The maximum absolute atomic E-state index is 10.4. The van der Waals surface area contributed by atoms with Gasteiger partial charge in [0, 0.05) is 35.2 Å². The van der Waals surface area contributed by atoms with E-state index in [1.807, 2.05) is 6.92 Å². The minimum atomic E-state index is -0.716. The van der Waals surface area contributed by atoms with Crippen LogP contribution in [-0.2, 0) is 0 Å². The van der Waals surface area contributed by atoms with Crippen LogP contribution in [0.4, 0.5) is 0 Å². The van der Waals surface area contributed by atoms with Crippen molar-refractivity contribution in [1.29, 1.82) is 0 Å². The lowest BCUT2D eigenvalue weighted by molar-refractivity contribution is 0.181. The molecular weight excluding hydrogens is 359 g/mol. The quantitative estimate of drug-likeness (QED) is 0.474. The van der Waals surface area contributed by atoms with Crippen molar-refractivity contribution in [3.8, 4) is 0 Å². The normalized spacial score (nSPS) is 17.5. The molecule has 1 aromatic rings. The molecule has 0 aromatic heterocycles. The summed E-state index contributed by atoms with van der Waals surface area (Å²) in [5, 5.41) is 17.8. The van der Waals surface area contributed by atoms with Gasteiger partial charge < -0.3 is 15.7 Å². The number of aliphatic hydroxyl groups is 1. The van der Waals surface area contributed by atoms with Gasteiger partial charge in [-0.2, -0.15) is 0 Å². The highest BCUT2D eigenvalue weighted by atomic mass is 35.5. The van der Waals surface area contributed by atoms with E-state index >= 15 is 0 Å². The highest BCUT2D eigenvalue weighted by molar-refractivity contribution is 6.34. The van der Waals surface area contributed by atoms with Gasteiger partial charge in [-0.15, -0.1) is 0 Å². The molecule has 0 bridgehead atoms. The average Bonchev–Trinajstić information content (AvgIpc) is 3.40. The van der Waals surface area contributed by atoms with E-state index in [1.54, 1.807) is 18.2 Å². The van der Waals surface area contributed by atoms with E-state index in [1.165, 1.54) is 12.8 Å². The third kappa shape index (κ3) is 6.66. The fraction of sp³-hybridized carbons (Fsp3) is 0.611. The first kappa shape index (κ1) is 20.3. The van der Waals surface area contributed by atoms with Crippen LogP contribution in [0.1, 0.15) is 38.4 Å². The van der Waals surface area contributed by atoms with E-state index in [0.29, 0.717) is 40.7 Å². The van der Waals surface area contributed by atoms with E-state index in [0.717, 1.165) is 12.6 Å². The van der Waals surface area contributed by atoms with Gasteiger partial charge in [-0.05, 0) is 57.5 Å². The molecule has 140 valence electrons. The van der Waals surface area contributed by atoms with E-state index in [4.69, 9.17) is 23.2 Å². The molecule has 1 aliphatic carbocycles. The van der Waals surface area contributed by atoms with Crippen LogP contribution >= 0.6 is 23.2 Å². The van der Waals surface area contributed by atoms with Crippen LogP contribution in [-0.4, -0.2) is 54.7 Å². The maximum Gasteiger partial charge on any atom is 0.191 e. The minimum Gasteiger partial charge on any atom is -0.387 e. The van der Waals surface area contributed by atoms with Crippen molar-refractivity contribution in [2.45, 2.75) is 44.9 Å². The predicted octanol–water partition coefficient (Wildman–Crippen LogP) is 3.06. The first-order valence-electron chi connectivity index (χ1n) is 8.78. The number of nitrogens with one attached hydrogen (secondary N) is 2. The minimum absolute atomic E-state index is 0.329. The van der Waals surface area contributed by atoms with Crippen LogP contribution in [0.3, 0.4) is 0 Å². The zero-order chi connectivity index (χ0) is 18.4. The van der Waals surface area contributed by atoms with E-state index in [-0.39, 0.29) is 0 Å². The van der Waals surface area contributed by atoms with Crippen LogP contribution in [0, 0.1) is 0 Å². The standard InChI is InChI=1S/C18H28Cl2N4O/c1-4-21-18(22-10-12(2)24(3)16-5-6-16)23-11-17(25)13-7-14(19)9-15(20)8-13/h7-9,12,16-17,25H,4-6,10-11H2,1-3H3,(H2,21,22,23). The number of aliphatic imine (C=N–C) groups is 1. The average molecular weight is 387 g/mol. The molecular formula is C18H28Cl2N4O. The second-order valence-electron chi connectivity index (χ2n) is 6.56. The summed E-state index contributed by atoms with van der Waals surface area (Å²) >= 11 is 12.0. The molecule has 5 nitrogen and oxygen atoms in total. The van der Waals surface area contributed by atoms with Crippen LogP contribution in [0.2, 0.25) is 10.0 Å². The number of likely N-dealkylation sites (N-methyl/N-ethyl adjacent to an activating group) is 1. The number of hydrogen-bond acceptors (Lipinski definition) is 3. The van der Waals surface area contributed by atoms with Gasteiger partial charge in [-0.1, -0.05) is 23.2 Å². The fourth-order valence-electron chi connectivity index (χ4n) is 2.61. The Balaban J connectivity index is 1.90. The van der Waals surface area contributed by atoms with Crippen molar-refractivity contribution < 1.29 is 5.11 Å². The molecule has 3 N–H and O–H groups in total. The second kappa shape index (κ2) is 9.62. The van der Waals surface area contributed by atoms with Gasteiger partial charge in [-0.3, -0.25) is 9.89 Å². The molecule has 0 spiro atoms. The largest absolute Gasteiger partial charge is 0.387 e. The topological polar surface area (TPSA) is 59.9 Å². The lowest BCUT2D eigenvalue weighted by atomic mass is 10.1. The summed E-state index contributed by atoms with van der Waals surface area (Å²) < 4.78 is 0. The Morgan fingerprint density at radius 3 is 2.48 bits per heavy atom. The number of guanidine groups is 1. The van der Waals surface area contributed by atoms with Crippen LogP contribution in [0.15, 0.2) is 23.2 Å². The summed E-state index contributed by atoms with van der Waals surface area (Å²) in [5.41, 5.74) is 0.683. The molecule has 0 amide bonds. The van der Waals surface area contributed by atoms with E-state index in [2.05, 4.69) is 34.5 Å². The molecule has 2 atom stereocenters. The Kier molecular flexibility index (Phi) is 7.81. The molecule has 0 saturated heterocycles. The molecule has 1 aliphatic rings. The maximum atomic E-state index is 10.4. The number of hydrogen-bond donors (Lipinski definition) is 3. The van der Waals surface area contributed by atoms with Crippen LogP contribution < -0.4 is 10.6 Å². The predicted molar refractivity (Wildman–Crippen MR) is 106 cm³/mol. The number of benzene rings is 1. The molecule has 7 heteroatoms. The number of nitrogens with zero attached hydrogens (tertiary/aromatic N) is 2. The van der Waals surface area contributed by atoms with E-state index < -0.39 is 6.10 Å². The molecule has 1 aromatic carbocycles. The smallest absolute Gasteiger partial charge is 0.191 e. The van der Waals surface area contributed by atoms with Crippen LogP contribution in [0.5, 0.6) is 0 Å². The van der Waals surface area contributed by atoms with Crippen molar-refractivity contribution in [3.05, 3.63) is 33.8 Å². The Morgan fingerprint density at radius 1 is 1.28 bits per heavy atom. The molecule has 2 unspecified atom stereocenters. The third-order valence-electron chi connectivity index (χ3n) is 4.41. The Bertz CT molecular complexity index is 572. The monoisotopic (exact) mass is 386 g/mol. The Hall–Kier alpha value is -1.01. The van der Waals surface area contributed by atoms with Gasteiger partial charge in [0.05, 0.1) is 12.6 Å². The zero-order valence-electron chi connectivity index (χ0n) is 15.1. The van der Waals surface area contributed by atoms with Gasteiger partial charge in [0.15, 0.2) is 5.96 Å².